The van der Waals surface area contributed by atoms with E-state index in [2.05, 4.69) is 0 Å². The molecular weight excluding hydrogens is 122 g/mol. The van der Waals surface area contributed by atoms with Gasteiger partial charge in [-0.2, -0.15) is 0 Å². The van der Waals surface area contributed by atoms with E-state index in [-0.39, 0.29) is 11.7 Å². The minimum absolute atomic E-state index is 0.00417. The lowest BCUT2D eigenvalue weighted by Gasteiger charge is -2.17. The highest BCUT2D eigenvalue weighted by atomic mass is 19.1. The first-order valence-electron chi connectivity index (χ1n) is 3.20. The van der Waals surface area contributed by atoms with E-state index in [0.717, 1.165) is 6.08 Å². The molecule has 0 aromatic heterocycles. The van der Waals surface area contributed by atoms with Gasteiger partial charge in [-0.15, -0.1) is 0 Å². The van der Waals surface area contributed by atoms with Gasteiger partial charge in [0.05, 0.1) is 5.83 Å². The average Bonchev–Trinajstić information content (AvgIpc) is 1.80. The van der Waals surface area contributed by atoms with Crippen molar-refractivity contribution in [1.82, 2.24) is 0 Å². The average molecular weight is 132 g/mol. The summed E-state index contributed by atoms with van der Waals surface area (Å²) in [7, 11) is 0. The molecule has 0 heterocycles. The molecule has 2 atom stereocenters. The molecule has 2 unspecified atom stereocenters. The minimum Gasteiger partial charge on any atom is -0.243 e. The van der Waals surface area contributed by atoms with Gasteiger partial charge in [-0.05, 0) is 24.8 Å². The highest BCUT2D eigenvalue weighted by Crippen LogP contribution is 2.25. The molecule has 0 spiro atoms. The summed E-state index contributed by atoms with van der Waals surface area (Å²) in [4.78, 5) is 0. The lowest BCUT2D eigenvalue weighted by Crippen LogP contribution is -2.14. The molecule has 0 nitrogen and oxygen atoms in total. The molecule has 52 valence electrons. The predicted molar refractivity (Wildman–Crippen MR) is 32.5 cm³/mol. The monoisotopic (exact) mass is 132 g/mol. The largest absolute Gasteiger partial charge is 0.243 e. The normalized spacial score (nSPS) is 36.1. The topological polar surface area (TPSA) is 0 Å². The van der Waals surface area contributed by atoms with Gasteiger partial charge in [-0.25, -0.2) is 8.78 Å². The van der Waals surface area contributed by atoms with Crippen LogP contribution in [0.3, 0.4) is 0 Å². The Bertz CT molecular complexity index is 129. The van der Waals surface area contributed by atoms with Crippen LogP contribution >= 0.6 is 0 Å². The lowest BCUT2D eigenvalue weighted by molar-refractivity contribution is 0.259. The third-order valence-electron chi connectivity index (χ3n) is 1.72. The van der Waals surface area contributed by atoms with Crippen molar-refractivity contribution >= 4 is 0 Å². The van der Waals surface area contributed by atoms with E-state index >= 15 is 0 Å². The molecule has 0 amide bonds. The molecule has 0 aliphatic heterocycles. The van der Waals surface area contributed by atoms with E-state index in [1.807, 2.05) is 0 Å². The van der Waals surface area contributed by atoms with Crippen LogP contribution in [-0.4, -0.2) is 6.17 Å². The maximum atomic E-state index is 12.5. The van der Waals surface area contributed by atoms with Crippen LogP contribution in [0.25, 0.3) is 0 Å². The van der Waals surface area contributed by atoms with Gasteiger partial charge >= 0.3 is 0 Å². The van der Waals surface area contributed by atoms with Crippen molar-refractivity contribution in [3.05, 3.63) is 11.9 Å². The molecule has 0 bridgehead atoms. The second kappa shape index (κ2) is 2.46. The van der Waals surface area contributed by atoms with Crippen LogP contribution in [0, 0.1) is 5.92 Å². The van der Waals surface area contributed by atoms with E-state index < -0.39 is 6.17 Å². The molecule has 0 radical (unpaired) electrons. The summed E-state index contributed by atoms with van der Waals surface area (Å²) in [6.07, 6.45) is 1.08. The second-order valence-electron chi connectivity index (χ2n) is 2.57. The molecule has 1 aliphatic rings. The van der Waals surface area contributed by atoms with Crippen molar-refractivity contribution in [2.24, 2.45) is 5.92 Å². The molecule has 2 heteroatoms. The van der Waals surface area contributed by atoms with Gasteiger partial charge < -0.3 is 0 Å². The first-order chi connectivity index (χ1) is 4.20. The summed E-state index contributed by atoms with van der Waals surface area (Å²) in [6, 6.07) is 0. The van der Waals surface area contributed by atoms with Crippen molar-refractivity contribution in [1.29, 1.82) is 0 Å². The Kier molecular flexibility index (Phi) is 1.84. The Balaban J connectivity index is 2.58. The van der Waals surface area contributed by atoms with Crippen LogP contribution in [0.15, 0.2) is 11.9 Å². The fourth-order valence-corrected chi connectivity index (χ4v) is 0.945. The predicted octanol–water partition coefficient (Wildman–Crippen LogP) is 2.61. The summed E-state index contributed by atoms with van der Waals surface area (Å²) in [5.74, 6) is -0.287. The molecule has 0 N–H and O–H groups in total. The smallest absolute Gasteiger partial charge is 0.124 e. The molecule has 0 saturated heterocycles. The highest BCUT2D eigenvalue weighted by Gasteiger charge is 2.19. The SMILES string of the molecule is CC1CCC(F)=CC1F. The summed E-state index contributed by atoms with van der Waals surface area (Å²) in [5.41, 5.74) is 0. The lowest BCUT2D eigenvalue weighted by atomic mass is 9.94. The summed E-state index contributed by atoms with van der Waals surface area (Å²) in [6.45, 7) is 1.80. The van der Waals surface area contributed by atoms with Gasteiger partial charge in [0, 0.05) is 0 Å². The standard InChI is InChI=1S/C7H10F2/c1-5-2-3-6(8)4-7(5)9/h4-5,7H,2-3H2,1H3. The number of allylic oxidation sites excluding steroid dienone is 2. The molecule has 0 fully saturated rings. The Morgan fingerprint density at radius 1 is 1.67 bits per heavy atom. The van der Waals surface area contributed by atoms with Crippen LogP contribution < -0.4 is 0 Å². The first kappa shape index (κ1) is 6.72. The minimum atomic E-state index is -1.06. The number of hydrogen-bond acceptors (Lipinski definition) is 0. The van der Waals surface area contributed by atoms with E-state index in [1.165, 1.54) is 0 Å². The maximum absolute atomic E-state index is 12.5. The summed E-state index contributed by atoms with van der Waals surface area (Å²) >= 11 is 0. The summed E-state index contributed by atoms with van der Waals surface area (Å²) < 4.78 is 24.7. The Morgan fingerprint density at radius 2 is 2.33 bits per heavy atom. The van der Waals surface area contributed by atoms with E-state index in [1.54, 1.807) is 6.92 Å². The van der Waals surface area contributed by atoms with Crippen LogP contribution in [0.4, 0.5) is 8.78 Å². The number of alkyl halides is 1. The third-order valence-corrected chi connectivity index (χ3v) is 1.72. The molecule has 9 heavy (non-hydrogen) atoms. The first-order valence-corrected chi connectivity index (χ1v) is 3.20. The zero-order chi connectivity index (χ0) is 6.85. The molecular formula is C7H10F2. The van der Waals surface area contributed by atoms with Gasteiger partial charge in [-0.1, -0.05) is 6.92 Å². The van der Waals surface area contributed by atoms with Gasteiger partial charge in [-0.3, -0.25) is 0 Å². The second-order valence-corrected chi connectivity index (χ2v) is 2.57. The van der Waals surface area contributed by atoms with Crippen molar-refractivity contribution < 1.29 is 8.78 Å². The zero-order valence-corrected chi connectivity index (χ0v) is 5.40. The van der Waals surface area contributed by atoms with Crippen LogP contribution in [0.1, 0.15) is 19.8 Å². The Labute approximate surface area is 53.6 Å². The summed E-state index contributed by atoms with van der Waals surface area (Å²) in [5, 5.41) is 0. The van der Waals surface area contributed by atoms with E-state index in [0.29, 0.717) is 12.8 Å². The van der Waals surface area contributed by atoms with Crippen LogP contribution in [0.2, 0.25) is 0 Å². The molecule has 0 aromatic rings. The fraction of sp³-hybridized carbons (Fsp3) is 0.714. The zero-order valence-electron chi connectivity index (χ0n) is 5.40. The van der Waals surface area contributed by atoms with Gasteiger partial charge in [0.1, 0.15) is 6.17 Å². The molecule has 1 rings (SSSR count). The van der Waals surface area contributed by atoms with Crippen molar-refractivity contribution in [3.63, 3.8) is 0 Å². The van der Waals surface area contributed by atoms with Gasteiger partial charge in [0.25, 0.3) is 0 Å². The van der Waals surface area contributed by atoms with E-state index in [9.17, 15) is 8.78 Å². The van der Waals surface area contributed by atoms with Crippen molar-refractivity contribution in [2.75, 3.05) is 0 Å². The maximum Gasteiger partial charge on any atom is 0.124 e. The van der Waals surface area contributed by atoms with E-state index in [4.69, 9.17) is 0 Å². The highest BCUT2D eigenvalue weighted by molar-refractivity contribution is 5.02. The van der Waals surface area contributed by atoms with Crippen molar-refractivity contribution in [2.45, 2.75) is 25.9 Å². The third kappa shape index (κ3) is 1.50. The molecule has 0 aromatic carbocycles. The molecule has 0 saturated carbocycles. The number of hydrogen-bond donors (Lipinski definition) is 0. The number of rotatable bonds is 0. The fourth-order valence-electron chi connectivity index (χ4n) is 0.945. The van der Waals surface area contributed by atoms with Crippen LogP contribution in [-0.2, 0) is 0 Å². The van der Waals surface area contributed by atoms with Gasteiger partial charge in [0.15, 0.2) is 0 Å². The van der Waals surface area contributed by atoms with Gasteiger partial charge in [0.2, 0.25) is 0 Å². The Hall–Kier alpha value is -0.400. The molecule has 1 aliphatic carbocycles. The Morgan fingerprint density at radius 3 is 2.78 bits per heavy atom. The van der Waals surface area contributed by atoms with Crippen LogP contribution in [0.5, 0.6) is 0 Å². The number of halogens is 2. The van der Waals surface area contributed by atoms with Crippen molar-refractivity contribution in [3.8, 4) is 0 Å². The quantitative estimate of drug-likeness (QED) is 0.475.